The molecule has 2 N–H and O–H groups in total. The molecule has 0 aromatic heterocycles. The smallest absolute Gasteiger partial charge is 0.224 e. The molecule has 0 aliphatic carbocycles. The number of nitrogens with one attached hydrogen (secondary N) is 2. The van der Waals surface area contributed by atoms with E-state index in [0.29, 0.717) is 19.0 Å². The van der Waals surface area contributed by atoms with Crippen molar-refractivity contribution < 1.29 is 4.79 Å². The normalized spacial score (nSPS) is 18.9. The molecule has 1 aliphatic rings. The van der Waals surface area contributed by atoms with E-state index in [0.717, 1.165) is 11.3 Å². The Balaban J connectivity index is 1.85. The van der Waals surface area contributed by atoms with E-state index in [2.05, 4.69) is 22.8 Å². The Bertz CT molecular complexity index is 399. The molecule has 1 unspecified atom stereocenters. The van der Waals surface area contributed by atoms with Crippen molar-refractivity contribution in [1.82, 2.24) is 5.32 Å². The maximum Gasteiger partial charge on any atom is 0.224 e. The largest absolute Gasteiger partial charge is 0.381 e. The van der Waals surface area contributed by atoms with Crippen LogP contribution in [0, 0.1) is 0 Å². The highest BCUT2D eigenvalue weighted by atomic mass is 32.2. The molecule has 1 aliphatic heterocycles. The monoisotopic (exact) mass is 278 g/mol. The number of hydrogen-bond acceptors (Lipinski definition) is 3. The summed E-state index contributed by atoms with van der Waals surface area (Å²) in [5.74, 6) is 2.58. The number of amides is 1. The third-order valence-electron chi connectivity index (χ3n) is 3.22. The van der Waals surface area contributed by atoms with Gasteiger partial charge in [-0.05, 0) is 43.2 Å². The second-order valence-electron chi connectivity index (χ2n) is 4.89. The van der Waals surface area contributed by atoms with Gasteiger partial charge >= 0.3 is 0 Å². The number of carbonyl (C=O) groups is 1. The number of rotatable bonds is 5. The van der Waals surface area contributed by atoms with Crippen molar-refractivity contribution in [3.63, 3.8) is 0 Å². The third-order valence-corrected chi connectivity index (χ3v) is 4.44. The fourth-order valence-corrected chi connectivity index (χ4v) is 3.33. The van der Waals surface area contributed by atoms with Gasteiger partial charge in [-0.1, -0.05) is 12.1 Å². The predicted octanol–water partition coefficient (Wildman–Crippen LogP) is 2.67. The van der Waals surface area contributed by atoms with Gasteiger partial charge in [-0.15, -0.1) is 0 Å². The van der Waals surface area contributed by atoms with E-state index in [4.69, 9.17) is 0 Å². The highest BCUT2D eigenvalue weighted by Crippen LogP contribution is 2.21. The summed E-state index contributed by atoms with van der Waals surface area (Å²) in [5, 5.41) is 6.38. The van der Waals surface area contributed by atoms with Crippen molar-refractivity contribution in [3.05, 3.63) is 29.8 Å². The summed E-state index contributed by atoms with van der Waals surface area (Å²) in [4.78, 5) is 11.5. The van der Waals surface area contributed by atoms with Crippen molar-refractivity contribution >= 4 is 23.4 Å². The van der Waals surface area contributed by atoms with Crippen molar-refractivity contribution in [2.45, 2.75) is 32.2 Å². The fourth-order valence-electron chi connectivity index (χ4n) is 2.25. The number of benzene rings is 1. The second kappa shape index (κ2) is 7.43. The molecule has 3 nitrogen and oxygen atoms in total. The van der Waals surface area contributed by atoms with Crippen molar-refractivity contribution in [3.8, 4) is 0 Å². The Kier molecular flexibility index (Phi) is 5.58. The molecule has 19 heavy (non-hydrogen) atoms. The lowest BCUT2D eigenvalue weighted by atomic mass is 10.1. The summed E-state index contributed by atoms with van der Waals surface area (Å²) >= 11 is 2.02. The Hall–Kier alpha value is -1.16. The zero-order valence-corrected chi connectivity index (χ0v) is 12.3. The first-order valence-corrected chi connectivity index (χ1v) is 8.13. The van der Waals surface area contributed by atoms with Crippen LogP contribution in [-0.4, -0.2) is 30.0 Å². The van der Waals surface area contributed by atoms with E-state index in [-0.39, 0.29) is 5.91 Å². The van der Waals surface area contributed by atoms with Crippen LogP contribution in [0.2, 0.25) is 0 Å². The van der Waals surface area contributed by atoms with Gasteiger partial charge in [-0.3, -0.25) is 4.79 Å². The van der Waals surface area contributed by atoms with E-state index in [1.165, 1.54) is 24.3 Å². The van der Waals surface area contributed by atoms with Crippen LogP contribution in [0.5, 0.6) is 0 Å². The zero-order valence-electron chi connectivity index (χ0n) is 11.4. The predicted molar refractivity (Wildman–Crippen MR) is 82.8 cm³/mol. The topological polar surface area (TPSA) is 41.1 Å². The van der Waals surface area contributed by atoms with Gasteiger partial charge < -0.3 is 10.6 Å². The Morgan fingerprint density at radius 1 is 1.37 bits per heavy atom. The second-order valence-corrected chi connectivity index (χ2v) is 6.04. The molecule has 1 amide bonds. The number of thioether (sulfide) groups is 1. The Morgan fingerprint density at radius 2 is 2.16 bits per heavy atom. The highest BCUT2D eigenvalue weighted by Gasteiger charge is 2.13. The van der Waals surface area contributed by atoms with E-state index < -0.39 is 0 Å². The minimum atomic E-state index is 0.0897. The molecule has 0 saturated carbocycles. The zero-order chi connectivity index (χ0) is 13.5. The van der Waals surface area contributed by atoms with Gasteiger partial charge in [0.05, 0.1) is 6.42 Å². The first-order valence-electron chi connectivity index (χ1n) is 6.98. The summed E-state index contributed by atoms with van der Waals surface area (Å²) in [6, 6.07) is 8.82. The molecule has 1 aromatic rings. The van der Waals surface area contributed by atoms with Gasteiger partial charge in [0.2, 0.25) is 5.91 Å². The van der Waals surface area contributed by atoms with Crippen LogP contribution in [0.1, 0.15) is 25.3 Å². The maximum atomic E-state index is 11.5. The molecular weight excluding hydrogens is 256 g/mol. The molecule has 0 spiro atoms. The molecule has 2 rings (SSSR count). The van der Waals surface area contributed by atoms with Crippen molar-refractivity contribution in [2.75, 3.05) is 23.4 Å². The highest BCUT2D eigenvalue weighted by molar-refractivity contribution is 7.99. The minimum Gasteiger partial charge on any atom is -0.381 e. The molecule has 0 radical (unpaired) electrons. The van der Waals surface area contributed by atoms with Crippen LogP contribution in [-0.2, 0) is 11.2 Å². The van der Waals surface area contributed by atoms with E-state index in [9.17, 15) is 4.79 Å². The standard InChI is InChI=1S/C15H22N2OS/c1-2-16-15(18)10-12-5-7-13(8-6-12)17-14-4-3-9-19-11-14/h5-8,14,17H,2-4,9-11H2,1H3,(H,16,18). The first-order chi connectivity index (χ1) is 9.28. The van der Waals surface area contributed by atoms with Crippen LogP contribution >= 0.6 is 11.8 Å². The van der Waals surface area contributed by atoms with Crippen molar-refractivity contribution in [1.29, 1.82) is 0 Å². The number of hydrogen-bond donors (Lipinski definition) is 2. The third kappa shape index (κ3) is 4.78. The SMILES string of the molecule is CCNC(=O)Cc1ccc(NC2CCCSC2)cc1. The van der Waals surface area contributed by atoms with Crippen LogP contribution in [0.3, 0.4) is 0 Å². The van der Waals surface area contributed by atoms with Crippen LogP contribution in [0.25, 0.3) is 0 Å². The van der Waals surface area contributed by atoms with Crippen molar-refractivity contribution in [2.24, 2.45) is 0 Å². The quantitative estimate of drug-likeness (QED) is 0.870. The molecule has 1 fully saturated rings. The average Bonchev–Trinajstić information content (AvgIpc) is 2.42. The molecule has 1 saturated heterocycles. The van der Waals surface area contributed by atoms with Crippen LogP contribution in [0.4, 0.5) is 5.69 Å². The van der Waals surface area contributed by atoms with Crippen LogP contribution in [0.15, 0.2) is 24.3 Å². The summed E-state index contributed by atoms with van der Waals surface area (Å²) in [5.41, 5.74) is 2.22. The summed E-state index contributed by atoms with van der Waals surface area (Å²) in [6.45, 7) is 2.63. The molecule has 1 atom stereocenters. The van der Waals surface area contributed by atoms with Gasteiger partial charge in [-0.25, -0.2) is 0 Å². The Labute approximate surface area is 119 Å². The molecule has 4 heteroatoms. The van der Waals surface area contributed by atoms with Crippen LogP contribution < -0.4 is 10.6 Å². The van der Waals surface area contributed by atoms with E-state index in [1.807, 2.05) is 30.8 Å². The first kappa shape index (κ1) is 14.3. The lowest BCUT2D eigenvalue weighted by molar-refractivity contribution is -0.120. The fraction of sp³-hybridized carbons (Fsp3) is 0.533. The molecule has 0 bridgehead atoms. The lowest BCUT2D eigenvalue weighted by Crippen LogP contribution is -2.26. The van der Waals surface area contributed by atoms with E-state index >= 15 is 0 Å². The maximum absolute atomic E-state index is 11.5. The van der Waals surface area contributed by atoms with Gasteiger partial charge in [0.15, 0.2) is 0 Å². The lowest BCUT2D eigenvalue weighted by Gasteiger charge is -2.23. The molecular formula is C15H22N2OS. The van der Waals surface area contributed by atoms with Gasteiger partial charge in [-0.2, -0.15) is 11.8 Å². The summed E-state index contributed by atoms with van der Waals surface area (Å²) in [7, 11) is 0. The summed E-state index contributed by atoms with van der Waals surface area (Å²) < 4.78 is 0. The number of likely N-dealkylation sites (N-methyl/N-ethyl adjacent to an activating group) is 1. The average molecular weight is 278 g/mol. The number of anilines is 1. The number of carbonyl (C=O) groups excluding carboxylic acids is 1. The van der Waals surface area contributed by atoms with Gasteiger partial charge in [0.25, 0.3) is 0 Å². The van der Waals surface area contributed by atoms with Gasteiger partial charge in [0.1, 0.15) is 0 Å². The molecule has 104 valence electrons. The molecule has 1 aromatic carbocycles. The van der Waals surface area contributed by atoms with Gasteiger partial charge in [0, 0.05) is 24.0 Å². The molecule has 1 heterocycles. The minimum absolute atomic E-state index is 0.0897. The van der Waals surface area contributed by atoms with E-state index in [1.54, 1.807) is 0 Å². The Morgan fingerprint density at radius 3 is 2.79 bits per heavy atom. The summed E-state index contributed by atoms with van der Waals surface area (Å²) in [6.07, 6.45) is 3.03.